The summed E-state index contributed by atoms with van der Waals surface area (Å²) < 4.78 is 18.0. The first kappa shape index (κ1) is 17.8. The molecule has 0 aromatic heterocycles. The lowest BCUT2D eigenvalue weighted by Gasteiger charge is -2.15. The van der Waals surface area contributed by atoms with Crippen molar-refractivity contribution in [1.29, 1.82) is 0 Å². The second-order valence-electron chi connectivity index (χ2n) is 5.73. The number of hydrogen-bond donors (Lipinski definition) is 2. The highest BCUT2D eigenvalue weighted by molar-refractivity contribution is 5.74. The zero-order valence-corrected chi connectivity index (χ0v) is 14.0. The van der Waals surface area contributed by atoms with E-state index in [-0.39, 0.29) is 17.9 Å². The molecule has 2 rings (SSSR count). The minimum atomic E-state index is -0.254. The molecule has 1 atom stereocenters. The Bertz CT molecular complexity index is 659. The van der Waals surface area contributed by atoms with Gasteiger partial charge >= 0.3 is 6.03 Å². The molecule has 0 saturated heterocycles. The SMILES string of the molecule is COc1cccc(CC(C)NC(=O)NCCc2ccc(F)cc2)c1. The fourth-order valence-corrected chi connectivity index (χ4v) is 2.45. The summed E-state index contributed by atoms with van der Waals surface area (Å²) in [5.74, 6) is 0.555. The van der Waals surface area contributed by atoms with Gasteiger partial charge in [0.2, 0.25) is 0 Å². The second kappa shape index (κ2) is 8.91. The van der Waals surface area contributed by atoms with Crippen LogP contribution in [0.15, 0.2) is 48.5 Å². The van der Waals surface area contributed by atoms with Crippen molar-refractivity contribution in [3.05, 3.63) is 65.5 Å². The van der Waals surface area contributed by atoms with Gasteiger partial charge in [-0.2, -0.15) is 0 Å². The Hall–Kier alpha value is -2.56. The van der Waals surface area contributed by atoms with Crippen LogP contribution in [0.4, 0.5) is 9.18 Å². The summed E-state index contributed by atoms with van der Waals surface area (Å²) in [5, 5.41) is 5.73. The summed E-state index contributed by atoms with van der Waals surface area (Å²) in [6.07, 6.45) is 1.39. The van der Waals surface area contributed by atoms with Gasteiger partial charge in [-0.05, 0) is 55.2 Å². The number of amides is 2. The van der Waals surface area contributed by atoms with E-state index in [9.17, 15) is 9.18 Å². The third-order valence-corrected chi connectivity index (χ3v) is 3.67. The molecule has 5 heteroatoms. The molecule has 0 aliphatic rings. The Morgan fingerprint density at radius 2 is 1.92 bits per heavy atom. The van der Waals surface area contributed by atoms with Gasteiger partial charge in [0.1, 0.15) is 11.6 Å². The van der Waals surface area contributed by atoms with Crippen LogP contribution in [0.3, 0.4) is 0 Å². The van der Waals surface area contributed by atoms with Crippen LogP contribution in [0.25, 0.3) is 0 Å². The van der Waals surface area contributed by atoms with Crippen LogP contribution in [-0.2, 0) is 12.8 Å². The Labute approximate surface area is 142 Å². The summed E-state index contributed by atoms with van der Waals surface area (Å²) >= 11 is 0. The quantitative estimate of drug-likeness (QED) is 0.818. The molecule has 2 aromatic carbocycles. The lowest BCUT2D eigenvalue weighted by atomic mass is 10.1. The van der Waals surface area contributed by atoms with Crippen molar-refractivity contribution in [2.75, 3.05) is 13.7 Å². The van der Waals surface area contributed by atoms with Gasteiger partial charge in [-0.15, -0.1) is 0 Å². The molecule has 0 bridgehead atoms. The van der Waals surface area contributed by atoms with Crippen LogP contribution >= 0.6 is 0 Å². The van der Waals surface area contributed by atoms with Crippen LogP contribution in [0.2, 0.25) is 0 Å². The number of benzene rings is 2. The highest BCUT2D eigenvalue weighted by Crippen LogP contribution is 2.13. The van der Waals surface area contributed by atoms with Crippen molar-refractivity contribution in [2.24, 2.45) is 0 Å². The molecule has 2 N–H and O–H groups in total. The van der Waals surface area contributed by atoms with Crippen molar-refractivity contribution in [2.45, 2.75) is 25.8 Å². The van der Waals surface area contributed by atoms with Gasteiger partial charge in [0.15, 0.2) is 0 Å². The predicted octanol–water partition coefficient (Wildman–Crippen LogP) is 3.31. The second-order valence-corrected chi connectivity index (χ2v) is 5.73. The molecule has 0 heterocycles. The molecule has 0 spiro atoms. The van der Waals surface area contributed by atoms with E-state index in [2.05, 4.69) is 10.6 Å². The normalized spacial score (nSPS) is 11.6. The van der Waals surface area contributed by atoms with Gasteiger partial charge < -0.3 is 15.4 Å². The van der Waals surface area contributed by atoms with Crippen LogP contribution in [0.1, 0.15) is 18.1 Å². The van der Waals surface area contributed by atoms with Gasteiger partial charge in [0.25, 0.3) is 0 Å². The fraction of sp³-hybridized carbons (Fsp3) is 0.316. The number of carbonyl (C=O) groups excluding carboxylic acids is 1. The number of rotatable bonds is 7. The average Bonchev–Trinajstić information content (AvgIpc) is 2.56. The van der Waals surface area contributed by atoms with Gasteiger partial charge in [-0.25, -0.2) is 9.18 Å². The molecule has 128 valence electrons. The molecule has 1 unspecified atom stereocenters. The average molecular weight is 330 g/mol. The van der Waals surface area contributed by atoms with Gasteiger partial charge in [0.05, 0.1) is 7.11 Å². The van der Waals surface area contributed by atoms with E-state index in [4.69, 9.17) is 4.74 Å². The maximum atomic E-state index is 12.8. The summed E-state index contributed by atoms with van der Waals surface area (Å²) in [5.41, 5.74) is 2.09. The number of halogens is 1. The summed E-state index contributed by atoms with van der Waals surface area (Å²) in [4.78, 5) is 11.9. The van der Waals surface area contributed by atoms with Crippen molar-refractivity contribution < 1.29 is 13.9 Å². The van der Waals surface area contributed by atoms with Gasteiger partial charge in [-0.3, -0.25) is 0 Å². The summed E-state index contributed by atoms with van der Waals surface area (Å²) in [7, 11) is 1.63. The molecule has 0 fully saturated rings. The van der Waals surface area contributed by atoms with Crippen molar-refractivity contribution in [3.63, 3.8) is 0 Å². The van der Waals surface area contributed by atoms with Gasteiger partial charge in [0, 0.05) is 12.6 Å². The minimum Gasteiger partial charge on any atom is -0.497 e. The molecule has 24 heavy (non-hydrogen) atoms. The van der Waals surface area contributed by atoms with E-state index < -0.39 is 0 Å². The van der Waals surface area contributed by atoms with E-state index in [1.807, 2.05) is 31.2 Å². The Morgan fingerprint density at radius 3 is 2.62 bits per heavy atom. The largest absolute Gasteiger partial charge is 0.497 e. The molecule has 0 aliphatic carbocycles. The zero-order valence-electron chi connectivity index (χ0n) is 14.0. The highest BCUT2D eigenvalue weighted by atomic mass is 19.1. The Morgan fingerprint density at radius 1 is 1.17 bits per heavy atom. The summed E-state index contributed by atoms with van der Waals surface area (Å²) in [6.45, 7) is 2.46. The Kier molecular flexibility index (Phi) is 6.61. The number of hydrogen-bond acceptors (Lipinski definition) is 2. The molecule has 0 saturated carbocycles. The topological polar surface area (TPSA) is 50.4 Å². The molecule has 2 amide bonds. The number of urea groups is 1. The van der Waals surface area contributed by atoms with Crippen molar-refractivity contribution in [3.8, 4) is 5.75 Å². The third-order valence-electron chi connectivity index (χ3n) is 3.67. The molecular weight excluding hydrogens is 307 g/mol. The van der Waals surface area contributed by atoms with E-state index in [1.54, 1.807) is 19.2 Å². The fourth-order valence-electron chi connectivity index (χ4n) is 2.45. The molecule has 0 aliphatic heterocycles. The number of methoxy groups -OCH3 is 1. The maximum Gasteiger partial charge on any atom is 0.315 e. The molecule has 0 radical (unpaired) electrons. The molecule has 4 nitrogen and oxygen atoms in total. The minimum absolute atomic E-state index is 0.00271. The third kappa shape index (κ3) is 5.91. The van der Waals surface area contributed by atoms with Crippen LogP contribution in [0.5, 0.6) is 5.75 Å². The standard InChI is InChI=1S/C19H23FN2O2/c1-14(12-16-4-3-5-18(13-16)24-2)22-19(23)21-11-10-15-6-8-17(20)9-7-15/h3-9,13-14H,10-12H2,1-2H3,(H2,21,22,23). The zero-order chi connectivity index (χ0) is 17.4. The lowest BCUT2D eigenvalue weighted by Crippen LogP contribution is -2.42. The van der Waals surface area contributed by atoms with Crippen LogP contribution < -0.4 is 15.4 Å². The van der Waals surface area contributed by atoms with E-state index in [0.29, 0.717) is 13.0 Å². The monoisotopic (exact) mass is 330 g/mol. The molecule has 2 aromatic rings. The van der Waals surface area contributed by atoms with Crippen molar-refractivity contribution >= 4 is 6.03 Å². The number of nitrogens with one attached hydrogen (secondary N) is 2. The predicted molar refractivity (Wildman–Crippen MR) is 92.8 cm³/mol. The lowest BCUT2D eigenvalue weighted by molar-refractivity contribution is 0.238. The van der Waals surface area contributed by atoms with Crippen LogP contribution in [-0.4, -0.2) is 25.7 Å². The van der Waals surface area contributed by atoms with Crippen molar-refractivity contribution in [1.82, 2.24) is 10.6 Å². The first-order valence-electron chi connectivity index (χ1n) is 7.98. The molecular formula is C19H23FN2O2. The van der Waals surface area contributed by atoms with Crippen LogP contribution in [0, 0.1) is 5.82 Å². The van der Waals surface area contributed by atoms with E-state index in [1.165, 1.54) is 12.1 Å². The van der Waals surface area contributed by atoms with E-state index in [0.717, 1.165) is 23.3 Å². The summed E-state index contributed by atoms with van der Waals surface area (Å²) in [6, 6.07) is 13.9. The Balaban J connectivity index is 1.72. The highest BCUT2D eigenvalue weighted by Gasteiger charge is 2.08. The number of carbonyl (C=O) groups is 1. The van der Waals surface area contributed by atoms with E-state index >= 15 is 0 Å². The number of ether oxygens (including phenoxy) is 1. The first-order valence-corrected chi connectivity index (χ1v) is 7.98. The first-order chi connectivity index (χ1) is 11.6. The van der Waals surface area contributed by atoms with Gasteiger partial charge in [-0.1, -0.05) is 24.3 Å². The maximum absolute atomic E-state index is 12.8. The smallest absolute Gasteiger partial charge is 0.315 e.